The van der Waals surface area contributed by atoms with Crippen LogP contribution in [0.2, 0.25) is 0 Å². The number of carbonyl (C=O) groups excluding carboxylic acids is 2. The van der Waals surface area contributed by atoms with Crippen molar-refractivity contribution in [1.29, 1.82) is 0 Å². The van der Waals surface area contributed by atoms with Gasteiger partial charge in [-0.1, -0.05) is 30.6 Å². The number of carbonyl (C=O) groups is 2. The van der Waals surface area contributed by atoms with Crippen LogP contribution in [-0.2, 0) is 26.4 Å². The molecule has 0 spiro atoms. The molecule has 1 saturated carbocycles. The second kappa shape index (κ2) is 12.6. The monoisotopic (exact) mass is 625 g/mol. The molecule has 44 heavy (non-hydrogen) atoms. The summed E-state index contributed by atoms with van der Waals surface area (Å²) in [5, 5.41) is 9.22. The SMILES string of the molecule is COc1ccc(F)cc1[C@H](Cn1c(=O)n(C(C)(C)C(=O)CC2CCC2)c(=O)c2c(C)c(-n3nccn3)sc21)OCCC(C)=O. The Kier molecular flexibility index (Phi) is 8.98. The molecule has 0 bridgehead atoms. The van der Waals surface area contributed by atoms with Crippen molar-refractivity contribution in [2.75, 3.05) is 13.7 Å². The Morgan fingerprint density at radius 3 is 2.50 bits per heavy atom. The molecule has 1 fully saturated rings. The zero-order chi connectivity index (χ0) is 31.8. The van der Waals surface area contributed by atoms with Crippen LogP contribution in [0.3, 0.4) is 0 Å². The molecule has 13 heteroatoms. The number of ether oxygens (including phenoxy) is 2. The van der Waals surface area contributed by atoms with Gasteiger partial charge in [-0.05, 0) is 51.8 Å². The Balaban J connectivity index is 1.73. The maximum Gasteiger partial charge on any atom is 0.333 e. The molecule has 11 nitrogen and oxygen atoms in total. The summed E-state index contributed by atoms with van der Waals surface area (Å²) in [6.45, 7) is 6.23. The van der Waals surface area contributed by atoms with Gasteiger partial charge in [0.1, 0.15) is 38.8 Å². The first kappa shape index (κ1) is 31.5. The highest BCUT2D eigenvalue weighted by molar-refractivity contribution is 7.21. The minimum Gasteiger partial charge on any atom is -0.496 e. The molecule has 0 amide bonds. The topological polar surface area (TPSA) is 127 Å². The van der Waals surface area contributed by atoms with Gasteiger partial charge in [-0.2, -0.15) is 10.2 Å². The second-order valence-corrected chi connectivity index (χ2v) is 12.7. The third-order valence-corrected chi connectivity index (χ3v) is 9.67. The molecule has 0 radical (unpaired) electrons. The van der Waals surface area contributed by atoms with Crippen molar-refractivity contribution in [3.63, 3.8) is 0 Å². The van der Waals surface area contributed by atoms with Gasteiger partial charge in [0, 0.05) is 24.0 Å². The first-order valence-electron chi connectivity index (χ1n) is 14.6. The number of hydrogen-bond acceptors (Lipinski definition) is 9. The number of thiophene rings is 1. The van der Waals surface area contributed by atoms with Crippen molar-refractivity contribution in [3.05, 3.63) is 68.4 Å². The predicted octanol–water partition coefficient (Wildman–Crippen LogP) is 4.49. The number of aromatic nitrogens is 5. The van der Waals surface area contributed by atoms with Crippen LogP contribution in [0.15, 0.2) is 40.2 Å². The highest BCUT2D eigenvalue weighted by Gasteiger charge is 2.37. The summed E-state index contributed by atoms with van der Waals surface area (Å²) in [7, 11) is 1.44. The van der Waals surface area contributed by atoms with E-state index in [1.165, 1.54) is 54.0 Å². The first-order valence-corrected chi connectivity index (χ1v) is 15.4. The maximum atomic E-state index is 14.5. The number of aryl methyl sites for hydroxylation is 1. The van der Waals surface area contributed by atoms with Gasteiger partial charge in [0.15, 0.2) is 5.78 Å². The summed E-state index contributed by atoms with van der Waals surface area (Å²) in [5.41, 5.74) is -1.85. The summed E-state index contributed by atoms with van der Waals surface area (Å²) in [5.74, 6) is -0.264. The molecule has 0 unspecified atom stereocenters. The Morgan fingerprint density at radius 2 is 1.89 bits per heavy atom. The third kappa shape index (κ3) is 5.90. The largest absolute Gasteiger partial charge is 0.496 e. The van der Waals surface area contributed by atoms with Crippen LogP contribution < -0.4 is 16.0 Å². The Labute approximate surface area is 257 Å². The second-order valence-electron chi connectivity index (χ2n) is 11.7. The molecule has 1 aromatic carbocycles. The summed E-state index contributed by atoms with van der Waals surface area (Å²) in [6, 6.07) is 3.98. The van der Waals surface area contributed by atoms with E-state index in [-0.39, 0.29) is 48.9 Å². The number of hydrogen-bond donors (Lipinski definition) is 0. The highest BCUT2D eigenvalue weighted by atomic mass is 32.1. The quantitative estimate of drug-likeness (QED) is 0.213. The fourth-order valence-electron chi connectivity index (χ4n) is 5.54. The average Bonchev–Trinajstić information content (AvgIpc) is 3.59. The van der Waals surface area contributed by atoms with E-state index in [2.05, 4.69) is 10.2 Å². The van der Waals surface area contributed by atoms with Gasteiger partial charge in [0.05, 0.1) is 38.0 Å². The van der Waals surface area contributed by atoms with Crippen LogP contribution in [-0.4, -0.2) is 49.4 Å². The van der Waals surface area contributed by atoms with E-state index in [0.29, 0.717) is 26.7 Å². The lowest BCUT2D eigenvalue weighted by atomic mass is 9.79. The maximum absolute atomic E-state index is 14.5. The van der Waals surface area contributed by atoms with Crippen LogP contribution in [0, 0.1) is 18.7 Å². The molecule has 1 aliphatic carbocycles. The summed E-state index contributed by atoms with van der Waals surface area (Å²) < 4.78 is 28.6. The average molecular weight is 626 g/mol. The predicted molar refractivity (Wildman–Crippen MR) is 163 cm³/mol. The van der Waals surface area contributed by atoms with E-state index in [1.807, 2.05) is 0 Å². The Morgan fingerprint density at radius 1 is 1.18 bits per heavy atom. The molecule has 5 rings (SSSR count). The van der Waals surface area contributed by atoms with Gasteiger partial charge in [0.2, 0.25) is 0 Å². The van der Waals surface area contributed by atoms with E-state index < -0.39 is 28.7 Å². The van der Waals surface area contributed by atoms with Crippen LogP contribution >= 0.6 is 11.3 Å². The molecule has 0 N–H and O–H groups in total. The molecule has 0 aliphatic heterocycles. The van der Waals surface area contributed by atoms with Gasteiger partial charge >= 0.3 is 5.69 Å². The van der Waals surface area contributed by atoms with Crippen LogP contribution in [0.4, 0.5) is 4.39 Å². The number of methoxy groups -OCH3 is 1. The summed E-state index contributed by atoms with van der Waals surface area (Å²) in [4.78, 5) is 55.7. The number of ketones is 2. The van der Waals surface area contributed by atoms with Crippen molar-refractivity contribution in [1.82, 2.24) is 24.1 Å². The molecule has 1 atom stereocenters. The minimum absolute atomic E-state index is 0.00843. The van der Waals surface area contributed by atoms with E-state index in [9.17, 15) is 23.6 Å². The normalized spacial score (nSPS) is 14.5. The summed E-state index contributed by atoms with van der Waals surface area (Å²) in [6.07, 6.45) is 5.39. The number of benzene rings is 1. The number of fused-ring (bicyclic) bond motifs is 1. The van der Waals surface area contributed by atoms with Gasteiger partial charge < -0.3 is 9.47 Å². The number of Topliss-reactive ketones (excluding diaryl/α,β-unsaturated/α-hetero) is 2. The third-order valence-electron chi connectivity index (χ3n) is 8.39. The molecule has 4 aromatic rings. The van der Waals surface area contributed by atoms with Crippen molar-refractivity contribution in [3.8, 4) is 10.8 Å². The van der Waals surface area contributed by atoms with Crippen LogP contribution in [0.5, 0.6) is 5.75 Å². The lowest BCUT2D eigenvalue weighted by molar-refractivity contribution is -0.128. The first-order chi connectivity index (χ1) is 20.9. The number of rotatable bonds is 13. The van der Waals surface area contributed by atoms with Crippen LogP contribution in [0.1, 0.15) is 70.1 Å². The Hall–Kier alpha value is -3.97. The molecule has 3 aromatic heterocycles. The Bertz CT molecular complexity index is 1820. The fourth-order valence-corrected chi connectivity index (χ4v) is 6.76. The zero-order valence-electron chi connectivity index (χ0n) is 25.5. The zero-order valence-corrected chi connectivity index (χ0v) is 26.3. The van der Waals surface area contributed by atoms with Gasteiger partial charge in [-0.25, -0.2) is 13.8 Å². The van der Waals surface area contributed by atoms with Crippen molar-refractivity contribution in [2.24, 2.45) is 5.92 Å². The molecular formula is C31H36FN5O6S. The summed E-state index contributed by atoms with van der Waals surface area (Å²) >= 11 is 1.15. The molecule has 1 aliphatic rings. The van der Waals surface area contributed by atoms with Crippen LogP contribution in [0.25, 0.3) is 15.2 Å². The van der Waals surface area contributed by atoms with E-state index in [1.54, 1.807) is 20.8 Å². The number of halogens is 1. The van der Waals surface area contributed by atoms with Gasteiger partial charge in [-0.3, -0.25) is 19.0 Å². The molecule has 234 valence electrons. The fraction of sp³-hybridized carbons (Fsp3) is 0.484. The van der Waals surface area contributed by atoms with Crippen molar-refractivity contribution >= 4 is 33.1 Å². The lowest BCUT2D eigenvalue weighted by Gasteiger charge is -2.31. The highest BCUT2D eigenvalue weighted by Crippen LogP contribution is 2.35. The standard InChI is InChI=1S/C31H36FN5O6S/c1-18(38)11-14-43-24(22-16-21(32)9-10-23(22)42-5)17-35-29-26(19(2)28(44-29)37-33-12-13-34-37)27(40)36(30(35)41)31(3,4)25(39)15-20-7-6-8-20/h9-10,12-13,16,20,24H,6-8,11,14-15,17H2,1-5H3/t24-/m0/s1. The molecular weight excluding hydrogens is 589 g/mol. The smallest absolute Gasteiger partial charge is 0.333 e. The van der Waals surface area contributed by atoms with Gasteiger partial charge in [0.25, 0.3) is 5.56 Å². The molecule has 3 heterocycles. The van der Waals surface area contributed by atoms with Gasteiger partial charge in [-0.15, -0.1) is 4.80 Å². The van der Waals surface area contributed by atoms with Crippen molar-refractivity contribution < 1.29 is 23.5 Å². The minimum atomic E-state index is -1.44. The lowest BCUT2D eigenvalue weighted by Crippen LogP contribution is -2.53. The number of nitrogens with zero attached hydrogens (tertiary/aromatic N) is 5. The van der Waals surface area contributed by atoms with E-state index in [4.69, 9.17) is 9.47 Å². The van der Waals surface area contributed by atoms with E-state index >= 15 is 0 Å². The van der Waals surface area contributed by atoms with E-state index in [0.717, 1.165) is 35.2 Å². The van der Waals surface area contributed by atoms with Crippen molar-refractivity contribution in [2.45, 2.75) is 78.0 Å². The molecule has 0 saturated heterocycles.